The summed E-state index contributed by atoms with van der Waals surface area (Å²) < 4.78 is 1.90. The zero-order valence-corrected chi connectivity index (χ0v) is 15.7. The van der Waals surface area contributed by atoms with Gasteiger partial charge in [0, 0.05) is 43.7 Å². The topological polar surface area (TPSA) is 63.1 Å². The van der Waals surface area contributed by atoms with E-state index in [2.05, 4.69) is 34.7 Å². The van der Waals surface area contributed by atoms with Gasteiger partial charge < -0.3 is 10.2 Å². The van der Waals surface area contributed by atoms with Gasteiger partial charge in [-0.3, -0.25) is 9.48 Å². The third-order valence-electron chi connectivity index (χ3n) is 4.52. The average molecular weight is 367 g/mol. The van der Waals surface area contributed by atoms with Gasteiger partial charge in [-0.05, 0) is 17.2 Å². The van der Waals surface area contributed by atoms with Gasteiger partial charge in [0.15, 0.2) is 5.13 Å². The van der Waals surface area contributed by atoms with Crippen LogP contribution in [0.15, 0.2) is 42.7 Å². The van der Waals surface area contributed by atoms with E-state index < -0.39 is 0 Å². The molecule has 1 aliphatic rings. The lowest BCUT2D eigenvalue weighted by Gasteiger charge is -2.15. The van der Waals surface area contributed by atoms with Crippen LogP contribution in [0.25, 0.3) is 0 Å². The van der Waals surface area contributed by atoms with Crippen LogP contribution in [0.3, 0.4) is 0 Å². The third kappa shape index (κ3) is 3.35. The molecule has 1 aromatic carbocycles. The summed E-state index contributed by atoms with van der Waals surface area (Å²) in [6.45, 7) is 1.22. The van der Waals surface area contributed by atoms with Crippen LogP contribution >= 0.6 is 11.3 Å². The zero-order valence-electron chi connectivity index (χ0n) is 14.8. The van der Waals surface area contributed by atoms with Gasteiger partial charge in [0.25, 0.3) is 0 Å². The van der Waals surface area contributed by atoms with Crippen molar-refractivity contribution < 1.29 is 4.79 Å². The first-order chi connectivity index (χ1) is 12.6. The molecule has 0 fully saturated rings. The number of benzene rings is 1. The average Bonchev–Trinajstić information content (AvgIpc) is 3.25. The number of carbonyl (C=O) groups is 1. The molecule has 0 aliphatic carbocycles. The Morgan fingerprint density at radius 1 is 1.35 bits per heavy atom. The minimum absolute atomic E-state index is 0.0382. The number of anilines is 1. The number of hydrogen-bond donors (Lipinski definition) is 1. The molecular formula is C19H21N5OS. The molecule has 1 N–H and O–H groups in total. The Hall–Kier alpha value is -2.67. The van der Waals surface area contributed by atoms with Crippen LogP contribution in [0, 0.1) is 0 Å². The Morgan fingerprint density at radius 2 is 2.23 bits per heavy atom. The van der Waals surface area contributed by atoms with Gasteiger partial charge in [-0.2, -0.15) is 5.10 Å². The van der Waals surface area contributed by atoms with Crippen molar-refractivity contribution in [3.63, 3.8) is 0 Å². The molecule has 0 saturated heterocycles. The minimum atomic E-state index is 0.0382. The van der Waals surface area contributed by atoms with Gasteiger partial charge in [-0.15, -0.1) is 11.3 Å². The summed E-state index contributed by atoms with van der Waals surface area (Å²) >= 11 is 1.68. The maximum absolute atomic E-state index is 12.2. The van der Waals surface area contributed by atoms with Crippen molar-refractivity contribution in [1.29, 1.82) is 0 Å². The smallest absolute Gasteiger partial charge is 0.221 e. The van der Waals surface area contributed by atoms with E-state index >= 15 is 0 Å². The monoisotopic (exact) mass is 367 g/mol. The van der Waals surface area contributed by atoms with Crippen molar-refractivity contribution in [3.8, 4) is 0 Å². The Bertz CT molecular complexity index is 916. The fourth-order valence-corrected chi connectivity index (χ4v) is 4.36. The molecule has 1 aliphatic heterocycles. The van der Waals surface area contributed by atoms with Gasteiger partial charge in [-0.1, -0.05) is 24.3 Å². The van der Waals surface area contributed by atoms with Crippen LogP contribution < -0.4 is 10.2 Å². The first kappa shape index (κ1) is 16.8. The second kappa shape index (κ2) is 6.92. The fourth-order valence-electron chi connectivity index (χ4n) is 3.23. The largest absolute Gasteiger partial charge is 0.354 e. The van der Waals surface area contributed by atoms with Crippen molar-refractivity contribution in [2.75, 3.05) is 19.0 Å². The maximum atomic E-state index is 12.2. The molecule has 3 aromatic rings. The molecule has 4 rings (SSSR count). The van der Waals surface area contributed by atoms with Gasteiger partial charge in [-0.25, -0.2) is 4.98 Å². The molecule has 26 heavy (non-hydrogen) atoms. The van der Waals surface area contributed by atoms with E-state index in [1.54, 1.807) is 17.5 Å². The first-order valence-corrected chi connectivity index (χ1v) is 9.41. The van der Waals surface area contributed by atoms with Crippen LogP contribution in [-0.4, -0.2) is 34.8 Å². The molecule has 1 amide bonds. The van der Waals surface area contributed by atoms with Crippen LogP contribution in [0.4, 0.5) is 5.13 Å². The molecule has 0 radical (unpaired) electrons. The molecule has 3 heterocycles. The van der Waals surface area contributed by atoms with Gasteiger partial charge >= 0.3 is 0 Å². The van der Waals surface area contributed by atoms with Crippen LogP contribution in [0.5, 0.6) is 0 Å². The predicted molar refractivity (Wildman–Crippen MR) is 103 cm³/mol. The number of hydrogen-bond acceptors (Lipinski definition) is 5. The second-order valence-corrected chi connectivity index (χ2v) is 7.69. The second-order valence-electron chi connectivity index (χ2n) is 6.68. The number of nitrogens with zero attached hydrogens (tertiary/aromatic N) is 4. The number of aromatic nitrogens is 3. The van der Waals surface area contributed by atoms with E-state index in [1.807, 2.05) is 35.9 Å². The molecule has 2 aromatic heterocycles. The van der Waals surface area contributed by atoms with Gasteiger partial charge in [0.1, 0.15) is 0 Å². The highest BCUT2D eigenvalue weighted by atomic mass is 32.1. The highest BCUT2D eigenvalue weighted by Crippen LogP contribution is 2.39. The molecule has 0 saturated carbocycles. The van der Waals surface area contributed by atoms with Crippen LogP contribution in [0.2, 0.25) is 0 Å². The number of carbonyl (C=O) groups excluding carboxylic acids is 1. The lowest BCUT2D eigenvalue weighted by Crippen LogP contribution is -2.21. The van der Waals surface area contributed by atoms with Gasteiger partial charge in [0.2, 0.25) is 5.91 Å². The van der Waals surface area contributed by atoms with E-state index in [1.165, 1.54) is 10.4 Å². The molecule has 134 valence electrons. The molecule has 7 heteroatoms. The van der Waals surface area contributed by atoms with E-state index in [-0.39, 0.29) is 11.8 Å². The highest BCUT2D eigenvalue weighted by Gasteiger charge is 2.28. The lowest BCUT2D eigenvalue weighted by atomic mass is 9.92. The molecule has 0 bridgehead atoms. The Kier molecular flexibility index (Phi) is 4.46. The quantitative estimate of drug-likeness (QED) is 0.770. The Labute approximate surface area is 156 Å². The summed E-state index contributed by atoms with van der Waals surface area (Å²) in [5, 5.41) is 8.23. The molecule has 6 nitrogen and oxygen atoms in total. The van der Waals surface area contributed by atoms with E-state index in [0.29, 0.717) is 13.0 Å². The molecular weight excluding hydrogens is 346 g/mol. The van der Waals surface area contributed by atoms with E-state index in [9.17, 15) is 4.79 Å². The van der Waals surface area contributed by atoms with E-state index in [0.717, 1.165) is 22.9 Å². The Morgan fingerprint density at radius 3 is 3.00 bits per heavy atom. The van der Waals surface area contributed by atoms with Crippen LogP contribution in [-0.2, 0) is 17.9 Å². The van der Waals surface area contributed by atoms with Crippen molar-refractivity contribution >= 4 is 22.4 Å². The van der Waals surface area contributed by atoms with Gasteiger partial charge in [0.05, 0.1) is 18.8 Å². The predicted octanol–water partition coefficient (Wildman–Crippen LogP) is 2.61. The summed E-state index contributed by atoms with van der Waals surface area (Å²) in [4.78, 5) is 20.2. The number of fused-ring (bicyclic) bond motifs is 1. The first-order valence-electron chi connectivity index (χ1n) is 8.60. The lowest BCUT2D eigenvalue weighted by molar-refractivity contribution is -0.121. The van der Waals surface area contributed by atoms with E-state index in [4.69, 9.17) is 4.98 Å². The molecule has 0 spiro atoms. The van der Waals surface area contributed by atoms with Crippen LogP contribution in [0.1, 0.15) is 34.0 Å². The zero-order chi connectivity index (χ0) is 18.1. The van der Waals surface area contributed by atoms with Crippen molar-refractivity contribution in [1.82, 2.24) is 20.1 Å². The fraction of sp³-hybridized carbons (Fsp3) is 0.316. The number of thiazole rings is 1. The normalized spacial score (nSPS) is 16.7. The third-order valence-corrected chi connectivity index (χ3v) is 5.89. The highest BCUT2D eigenvalue weighted by molar-refractivity contribution is 7.15. The Balaban J connectivity index is 1.70. The minimum Gasteiger partial charge on any atom is -0.354 e. The summed E-state index contributed by atoms with van der Waals surface area (Å²) in [7, 11) is 3.99. The molecule has 1 atom stereocenters. The number of amides is 1. The summed E-state index contributed by atoms with van der Waals surface area (Å²) in [5.41, 5.74) is 3.31. The van der Waals surface area contributed by atoms with Crippen molar-refractivity contribution in [2.24, 2.45) is 0 Å². The van der Waals surface area contributed by atoms with Crippen molar-refractivity contribution in [3.05, 3.63) is 64.4 Å². The SMILES string of the molecule is CN(C)c1nc2c(s1)[C@@H](c1cccc(Cn3cccn3)c1)CC(=O)NC2. The molecule has 0 unspecified atom stereocenters. The van der Waals surface area contributed by atoms with Crippen molar-refractivity contribution in [2.45, 2.75) is 25.4 Å². The summed E-state index contributed by atoms with van der Waals surface area (Å²) in [6, 6.07) is 10.4. The number of rotatable bonds is 4. The number of nitrogens with one attached hydrogen (secondary N) is 1. The standard InChI is InChI=1S/C19H21N5OS/c1-23(2)19-22-16-11-20-17(25)10-15(18(16)26-19)14-6-3-5-13(9-14)12-24-8-4-7-21-24/h3-9,15H,10-12H2,1-2H3,(H,20,25)/t15-/m1/s1. The summed E-state index contributed by atoms with van der Waals surface area (Å²) in [5.74, 6) is 0.111. The maximum Gasteiger partial charge on any atom is 0.221 e. The summed E-state index contributed by atoms with van der Waals surface area (Å²) in [6.07, 6.45) is 4.19.